The van der Waals surface area contributed by atoms with Gasteiger partial charge in [-0.05, 0) is 123 Å². The molecule has 1 N–H and O–H groups in total. The van der Waals surface area contributed by atoms with Crippen LogP contribution in [0.3, 0.4) is 0 Å². The smallest absolute Gasteiger partial charge is 0.0377 e. The molecule has 1 saturated heterocycles. The molecule has 0 spiro atoms. The standard InChI is InChI=1S/C36H49N3/c1-6-10-34(36(7-2)37-5)26-38-21-18-30(19-22-38)15-14-29(4)33-17-16-32-13-9-20-39(27-35(32)24-33)25-31-12-8-11-28(3)23-31/h6-8,10-12,16-17,23-24,30,37H,2,4,9,13-15,18-22,25-27H2,1,3,5H3/b10-6-,36-34-. The molecule has 1 fully saturated rings. The minimum Gasteiger partial charge on any atom is -0.388 e. The lowest BCUT2D eigenvalue weighted by Crippen LogP contribution is -2.35. The Labute approximate surface area is 238 Å². The fourth-order valence-electron chi connectivity index (χ4n) is 6.27. The van der Waals surface area contributed by atoms with Gasteiger partial charge in [-0.25, -0.2) is 0 Å². The molecule has 0 unspecified atom stereocenters. The van der Waals surface area contributed by atoms with Gasteiger partial charge < -0.3 is 5.32 Å². The van der Waals surface area contributed by atoms with Gasteiger partial charge in [0.1, 0.15) is 0 Å². The zero-order valence-electron chi connectivity index (χ0n) is 24.6. The van der Waals surface area contributed by atoms with Crippen LogP contribution in [0.4, 0.5) is 0 Å². The van der Waals surface area contributed by atoms with Crippen molar-refractivity contribution in [2.45, 2.75) is 65.5 Å². The van der Waals surface area contributed by atoms with Crippen molar-refractivity contribution >= 4 is 5.57 Å². The number of benzene rings is 2. The van der Waals surface area contributed by atoms with Crippen molar-refractivity contribution in [1.29, 1.82) is 0 Å². The molecular weight excluding hydrogens is 474 g/mol. The molecule has 2 aromatic carbocycles. The van der Waals surface area contributed by atoms with Crippen LogP contribution in [-0.2, 0) is 19.5 Å². The van der Waals surface area contributed by atoms with Crippen LogP contribution in [0.2, 0.25) is 0 Å². The zero-order valence-corrected chi connectivity index (χ0v) is 24.6. The van der Waals surface area contributed by atoms with Crippen LogP contribution in [0.5, 0.6) is 0 Å². The number of allylic oxidation sites excluding steroid dienone is 3. The minimum atomic E-state index is 0.793. The van der Waals surface area contributed by atoms with Crippen LogP contribution in [0.25, 0.3) is 5.57 Å². The van der Waals surface area contributed by atoms with Crippen LogP contribution < -0.4 is 5.32 Å². The molecule has 0 saturated carbocycles. The summed E-state index contributed by atoms with van der Waals surface area (Å²) < 4.78 is 0. The summed E-state index contributed by atoms with van der Waals surface area (Å²) in [5.74, 6) is 0.793. The number of hydrogen-bond donors (Lipinski definition) is 1. The number of nitrogens with zero attached hydrogens (tertiary/aromatic N) is 2. The average Bonchev–Trinajstić information content (AvgIpc) is 3.14. The van der Waals surface area contributed by atoms with Crippen molar-refractivity contribution in [1.82, 2.24) is 15.1 Å². The molecular formula is C36H49N3. The molecule has 39 heavy (non-hydrogen) atoms. The number of likely N-dealkylation sites (N-methyl/N-ethyl adjacent to an activating group) is 1. The van der Waals surface area contributed by atoms with Crippen LogP contribution in [0.15, 0.2) is 85.1 Å². The monoisotopic (exact) mass is 523 g/mol. The highest BCUT2D eigenvalue weighted by atomic mass is 15.1. The molecule has 0 bridgehead atoms. The second kappa shape index (κ2) is 14.5. The highest BCUT2D eigenvalue weighted by Gasteiger charge is 2.21. The zero-order chi connectivity index (χ0) is 27.6. The van der Waals surface area contributed by atoms with E-state index in [0.717, 1.165) is 44.2 Å². The fraction of sp³-hybridized carbons (Fsp3) is 0.444. The molecule has 208 valence electrons. The van der Waals surface area contributed by atoms with Crippen molar-refractivity contribution in [3.8, 4) is 0 Å². The SMILES string of the molecule is C=C/C(NC)=C(\C=C/C)CN1CCC(CCC(=C)c2ccc3c(c2)CN(Cc2cccc(C)c2)CCC3)CC1. The molecule has 0 aliphatic carbocycles. The molecule has 2 aliphatic rings. The van der Waals surface area contributed by atoms with E-state index < -0.39 is 0 Å². The summed E-state index contributed by atoms with van der Waals surface area (Å²) in [6.07, 6.45) is 13.6. The first-order valence-electron chi connectivity index (χ1n) is 14.9. The number of likely N-dealkylation sites (tertiary alicyclic amines) is 1. The van der Waals surface area contributed by atoms with Crippen LogP contribution in [0, 0.1) is 12.8 Å². The Morgan fingerprint density at radius 1 is 1.05 bits per heavy atom. The molecule has 4 rings (SSSR count). The maximum absolute atomic E-state index is 4.54. The van der Waals surface area contributed by atoms with Crippen LogP contribution in [-0.4, -0.2) is 43.0 Å². The molecule has 2 heterocycles. The van der Waals surface area contributed by atoms with E-state index in [0.29, 0.717) is 0 Å². The Morgan fingerprint density at radius 3 is 2.59 bits per heavy atom. The van der Waals surface area contributed by atoms with Crippen molar-refractivity contribution in [2.75, 3.05) is 33.2 Å². The van der Waals surface area contributed by atoms with Crippen molar-refractivity contribution in [3.05, 3.63) is 113 Å². The lowest BCUT2D eigenvalue weighted by atomic mass is 9.88. The molecule has 0 radical (unpaired) electrons. The number of rotatable bonds is 11. The van der Waals surface area contributed by atoms with E-state index in [4.69, 9.17) is 0 Å². The van der Waals surface area contributed by atoms with Crippen molar-refractivity contribution < 1.29 is 0 Å². The average molecular weight is 524 g/mol. The number of piperidine rings is 1. The van der Waals surface area contributed by atoms with E-state index in [1.807, 2.05) is 13.1 Å². The Morgan fingerprint density at radius 2 is 1.87 bits per heavy atom. The highest BCUT2D eigenvalue weighted by molar-refractivity contribution is 5.64. The second-order valence-electron chi connectivity index (χ2n) is 11.5. The number of fused-ring (bicyclic) bond motifs is 1. The summed E-state index contributed by atoms with van der Waals surface area (Å²) >= 11 is 0. The quantitative estimate of drug-likeness (QED) is 0.305. The first-order valence-corrected chi connectivity index (χ1v) is 14.9. The van der Waals surface area contributed by atoms with E-state index in [2.05, 4.69) is 96.7 Å². The van der Waals surface area contributed by atoms with E-state index >= 15 is 0 Å². The summed E-state index contributed by atoms with van der Waals surface area (Å²) in [7, 11) is 1.98. The Bertz CT molecular complexity index is 1180. The van der Waals surface area contributed by atoms with Gasteiger partial charge >= 0.3 is 0 Å². The van der Waals surface area contributed by atoms with E-state index in [-0.39, 0.29) is 0 Å². The topological polar surface area (TPSA) is 18.5 Å². The van der Waals surface area contributed by atoms with Crippen molar-refractivity contribution in [3.63, 3.8) is 0 Å². The Hall–Kier alpha value is -2.88. The van der Waals surface area contributed by atoms with Gasteiger partial charge in [0.2, 0.25) is 0 Å². The normalized spacial score (nSPS) is 17.9. The van der Waals surface area contributed by atoms with Crippen molar-refractivity contribution in [2.24, 2.45) is 5.92 Å². The molecule has 0 atom stereocenters. The second-order valence-corrected chi connectivity index (χ2v) is 11.5. The maximum Gasteiger partial charge on any atom is 0.0377 e. The summed E-state index contributed by atoms with van der Waals surface area (Å²) in [4.78, 5) is 5.21. The largest absolute Gasteiger partial charge is 0.388 e. The minimum absolute atomic E-state index is 0.793. The van der Waals surface area contributed by atoms with Gasteiger partial charge in [-0.2, -0.15) is 0 Å². The van der Waals surface area contributed by atoms with E-state index in [1.165, 1.54) is 84.2 Å². The third-order valence-electron chi connectivity index (χ3n) is 8.56. The summed E-state index contributed by atoms with van der Waals surface area (Å²) in [6.45, 7) is 19.3. The van der Waals surface area contributed by atoms with Gasteiger partial charge in [-0.15, -0.1) is 0 Å². The molecule has 3 nitrogen and oxygen atoms in total. The fourth-order valence-corrected chi connectivity index (χ4v) is 6.27. The van der Waals surface area contributed by atoms with Gasteiger partial charge in [0, 0.05) is 32.4 Å². The van der Waals surface area contributed by atoms with Gasteiger partial charge in [-0.3, -0.25) is 9.80 Å². The van der Waals surface area contributed by atoms with Gasteiger partial charge in [0.15, 0.2) is 0 Å². The number of hydrogen-bond acceptors (Lipinski definition) is 3. The van der Waals surface area contributed by atoms with Gasteiger partial charge in [-0.1, -0.05) is 67.3 Å². The number of nitrogens with one attached hydrogen (secondary N) is 1. The summed E-state index contributed by atoms with van der Waals surface area (Å²) in [5, 5.41) is 3.29. The van der Waals surface area contributed by atoms with E-state index in [9.17, 15) is 0 Å². The molecule has 3 heteroatoms. The maximum atomic E-state index is 4.54. The van der Waals surface area contributed by atoms with Gasteiger partial charge in [0.05, 0.1) is 0 Å². The summed E-state index contributed by atoms with van der Waals surface area (Å²) in [5.41, 5.74) is 10.9. The molecule has 0 amide bonds. The lowest BCUT2D eigenvalue weighted by Gasteiger charge is -2.32. The highest BCUT2D eigenvalue weighted by Crippen LogP contribution is 2.30. The molecule has 0 aromatic heterocycles. The first-order chi connectivity index (χ1) is 19.0. The molecule has 2 aromatic rings. The third-order valence-corrected chi connectivity index (χ3v) is 8.56. The van der Waals surface area contributed by atoms with Crippen LogP contribution in [0.1, 0.15) is 66.8 Å². The molecule has 2 aliphatic heterocycles. The first kappa shape index (κ1) is 29.1. The van der Waals surface area contributed by atoms with E-state index in [1.54, 1.807) is 0 Å². The lowest BCUT2D eigenvalue weighted by molar-refractivity contribution is 0.193. The predicted octanol–water partition coefficient (Wildman–Crippen LogP) is 7.68. The Kier molecular flexibility index (Phi) is 10.8. The predicted molar refractivity (Wildman–Crippen MR) is 169 cm³/mol. The summed E-state index contributed by atoms with van der Waals surface area (Å²) in [6, 6.07) is 16.1. The van der Waals surface area contributed by atoms with Crippen LogP contribution >= 0.6 is 0 Å². The van der Waals surface area contributed by atoms with Gasteiger partial charge in [0.25, 0.3) is 0 Å². The third kappa shape index (κ3) is 8.30. The Balaban J connectivity index is 1.29. The number of aryl methyl sites for hydroxylation is 2.